The van der Waals surface area contributed by atoms with Gasteiger partial charge >= 0.3 is 0 Å². The fourth-order valence-corrected chi connectivity index (χ4v) is 2.91. The Hall–Kier alpha value is -1.38. The van der Waals surface area contributed by atoms with Gasteiger partial charge < -0.3 is 4.74 Å². The van der Waals surface area contributed by atoms with E-state index in [1.807, 2.05) is 6.92 Å². The molecule has 0 unspecified atom stereocenters. The molecule has 0 aromatic heterocycles. The molecular formula is C17H24F2O. The molecule has 1 aromatic rings. The normalized spacial score (nSPS) is 22.6. The Morgan fingerprint density at radius 1 is 1.10 bits per heavy atom. The van der Waals surface area contributed by atoms with E-state index in [1.54, 1.807) is 6.07 Å². The summed E-state index contributed by atoms with van der Waals surface area (Å²) in [5.74, 6) is -0.914. The van der Waals surface area contributed by atoms with Gasteiger partial charge in [-0.3, -0.25) is 0 Å². The Labute approximate surface area is 120 Å². The topological polar surface area (TPSA) is 9.23 Å². The van der Waals surface area contributed by atoms with Gasteiger partial charge in [0.25, 0.3) is 0 Å². The van der Waals surface area contributed by atoms with Crippen molar-refractivity contribution in [3.05, 3.63) is 41.5 Å². The molecule has 0 amide bonds. The van der Waals surface area contributed by atoms with Crippen LogP contribution in [0.3, 0.4) is 0 Å². The van der Waals surface area contributed by atoms with E-state index in [0.717, 1.165) is 25.7 Å². The van der Waals surface area contributed by atoms with E-state index in [-0.39, 0.29) is 19.1 Å². The lowest BCUT2D eigenvalue weighted by Crippen LogP contribution is -2.13. The Balaban J connectivity index is 0.00000200. The molecule has 20 heavy (non-hydrogen) atoms. The number of methoxy groups -OCH3 is 1. The Kier molecular flexibility index (Phi) is 6.18. The highest BCUT2D eigenvalue weighted by molar-refractivity contribution is 5.33. The molecular weight excluding hydrogens is 258 g/mol. The minimum absolute atomic E-state index is 0. The molecule has 0 saturated heterocycles. The smallest absolute Gasteiger partial charge is 0.200 e. The Bertz CT molecular complexity index is 460. The van der Waals surface area contributed by atoms with Crippen LogP contribution in [0.5, 0.6) is 5.75 Å². The Morgan fingerprint density at radius 2 is 1.75 bits per heavy atom. The van der Waals surface area contributed by atoms with Crippen LogP contribution in [0, 0.1) is 17.6 Å². The van der Waals surface area contributed by atoms with Gasteiger partial charge in [0, 0.05) is 0 Å². The molecule has 112 valence electrons. The van der Waals surface area contributed by atoms with Gasteiger partial charge in [0.2, 0.25) is 5.82 Å². The van der Waals surface area contributed by atoms with Crippen molar-refractivity contribution in [2.45, 2.75) is 46.0 Å². The second kappa shape index (κ2) is 7.41. The predicted molar refractivity (Wildman–Crippen MR) is 79.2 cm³/mol. The van der Waals surface area contributed by atoms with Crippen molar-refractivity contribution in [1.82, 2.24) is 0 Å². The molecule has 0 aliphatic heterocycles. The lowest BCUT2D eigenvalue weighted by molar-refractivity contribution is 0.349. The maximum absolute atomic E-state index is 14.0. The number of ether oxygens (including phenoxy) is 1. The first-order chi connectivity index (χ1) is 9.17. The Morgan fingerprint density at radius 3 is 2.30 bits per heavy atom. The van der Waals surface area contributed by atoms with E-state index >= 15 is 0 Å². The summed E-state index contributed by atoms with van der Waals surface area (Å²) in [7, 11) is 1.35. The van der Waals surface area contributed by atoms with Crippen molar-refractivity contribution >= 4 is 0 Å². The van der Waals surface area contributed by atoms with Crippen LogP contribution in [0.1, 0.15) is 51.5 Å². The fourth-order valence-electron chi connectivity index (χ4n) is 2.91. The molecule has 0 atom stereocenters. The van der Waals surface area contributed by atoms with Crippen LogP contribution in [-0.2, 0) is 0 Å². The summed E-state index contributed by atoms with van der Waals surface area (Å²) in [5.41, 5.74) is 0.497. The van der Waals surface area contributed by atoms with Crippen LogP contribution < -0.4 is 4.74 Å². The minimum Gasteiger partial charge on any atom is -0.494 e. The van der Waals surface area contributed by atoms with E-state index in [9.17, 15) is 8.78 Å². The van der Waals surface area contributed by atoms with Crippen molar-refractivity contribution in [2.75, 3.05) is 7.11 Å². The predicted octanol–water partition coefficient (Wildman–Crippen LogP) is 5.46. The van der Waals surface area contributed by atoms with E-state index in [0.29, 0.717) is 11.5 Å². The monoisotopic (exact) mass is 282 g/mol. The second-order valence-corrected chi connectivity index (χ2v) is 5.12. The lowest BCUT2D eigenvalue weighted by Gasteiger charge is -2.27. The fraction of sp³-hybridized carbons (Fsp3) is 0.529. The van der Waals surface area contributed by atoms with Gasteiger partial charge in [-0.15, -0.1) is 0 Å². The first-order valence-electron chi connectivity index (χ1n) is 6.82. The van der Waals surface area contributed by atoms with Crippen LogP contribution in [0.2, 0.25) is 0 Å². The molecule has 1 fully saturated rings. The van der Waals surface area contributed by atoms with Crippen LogP contribution >= 0.6 is 0 Å². The first kappa shape index (κ1) is 16.7. The van der Waals surface area contributed by atoms with Crippen molar-refractivity contribution in [1.29, 1.82) is 0 Å². The summed E-state index contributed by atoms with van der Waals surface area (Å²) < 4.78 is 32.5. The van der Waals surface area contributed by atoms with Crippen LogP contribution in [0.25, 0.3) is 0 Å². The average Bonchev–Trinajstić information content (AvgIpc) is 2.43. The summed E-state index contributed by atoms with van der Waals surface area (Å²) in [6.45, 7) is 2.02. The third-order valence-corrected chi connectivity index (χ3v) is 3.97. The molecule has 0 bridgehead atoms. The van der Waals surface area contributed by atoms with Crippen LogP contribution in [-0.4, -0.2) is 7.11 Å². The number of rotatable bonds is 3. The minimum atomic E-state index is -0.865. The van der Waals surface area contributed by atoms with Gasteiger partial charge in [-0.1, -0.05) is 25.6 Å². The zero-order chi connectivity index (χ0) is 13.8. The summed E-state index contributed by atoms with van der Waals surface area (Å²) in [6.07, 6.45) is 8.19. The summed E-state index contributed by atoms with van der Waals surface area (Å²) in [5, 5.41) is 0. The van der Waals surface area contributed by atoms with Gasteiger partial charge in [0.1, 0.15) is 0 Å². The maximum atomic E-state index is 14.0. The molecule has 1 aliphatic carbocycles. The molecule has 1 aliphatic rings. The number of benzene rings is 1. The number of hydrogen-bond acceptors (Lipinski definition) is 1. The molecule has 0 heterocycles. The molecule has 0 radical (unpaired) electrons. The van der Waals surface area contributed by atoms with E-state index < -0.39 is 11.6 Å². The zero-order valence-corrected chi connectivity index (χ0v) is 11.5. The number of halogens is 2. The van der Waals surface area contributed by atoms with Gasteiger partial charge in [0.05, 0.1) is 7.11 Å². The SMILES string of the molecule is C.CC=CC1CCC(c2ccc(OC)c(F)c2F)CC1. The van der Waals surface area contributed by atoms with E-state index in [4.69, 9.17) is 4.74 Å². The first-order valence-corrected chi connectivity index (χ1v) is 6.82. The van der Waals surface area contributed by atoms with Gasteiger partial charge in [-0.2, -0.15) is 4.39 Å². The highest BCUT2D eigenvalue weighted by Gasteiger charge is 2.25. The van der Waals surface area contributed by atoms with Crippen molar-refractivity contribution in [2.24, 2.45) is 5.92 Å². The van der Waals surface area contributed by atoms with Crippen molar-refractivity contribution in [3.63, 3.8) is 0 Å². The molecule has 2 rings (SSSR count). The highest BCUT2D eigenvalue weighted by Crippen LogP contribution is 2.38. The van der Waals surface area contributed by atoms with Gasteiger partial charge in [-0.25, -0.2) is 4.39 Å². The standard InChI is InChI=1S/C16H20F2O.CH4/c1-3-4-11-5-7-12(8-6-11)13-9-10-14(19-2)16(18)15(13)17;/h3-4,9-12H,5-8H2,1-2H3;1H4. The average molecular weight is 282 g/mol. The van der Waals surface area contributed by atoms with Gasteiger partial charge in [-0.05, 0) is 56.1 Å². The highest BCUT2D eigenvalue weighted by atomic mass is 19.2. The third kappa shape index (κ3) is 3.38. The molecule has 0 spiro atoms. The van der Waals surface area contributed by atoms with E-state index in [2.05, 4.69) is 12.2 Å². The largest absolute Gasteiger partial charge is 0.494 e. The third-order valence-electron chi connectivity index (χ3n) is 3.97. The van der Waals surface area contributed by atoms with Gasteiger partial charge in [0.15, 0.2) is 11.6 Å². The molecule has 0 N–H and O–H groups in total. The van der Waals surface area contributed by atoms with Crippen molar-refractivity contribution < 1.29 is 13.5 Å². The second-order valence-electron chi connectivity index (χ2n) is 5.12. The van der Waals surface area contributed by atoms with Crippen molar-refractivity contribution in [3.8, 4) is 5.75 Å². The maximum Gasteiger partial charge on any atom is 0.200 e. The molecule has 1 saturated carbocycles. The molecule has 1 aromatic carbocycles. The quantitative estimate of drug-likeness (QED) is 0.669. The summed E-state index contributed by atoms with van der Waals surface area (Å²) in [4.78, 5) is 0. The summed E-state index contributed by atoms with van der Waals surface area (Å²) in [6, 6.07) is 3.18. The van der Waals surface area contributed by atoms with Crippen LogP contribution in [0.15, 0.2) is 24.3 Å². The summed E-state index contributed by atoms with van der Waals surface area (Å²) >= 11 is 0. The lowest BCUT2D eigenvalue weighted by atomic mass is 9.78. The number of hydrogen-bond donors (Lipinski definition) is 0. The van der Waals surface area contributed by atoms with E-state index in [1.165, 1.54) is 13.2 Å². The zero-order valence-electron chi connectivity index (χ0n) is 11.5. The van der Waals surface area contributed by atoms with Crippen LogP contribution in [0.4, 0.5) is 8.78 Å². The molecule has 1 nitrogen and oxygen atoms in total. The number of allylic oxidation sites excluding steroid dienone is 2. The molecule has 3 heteroatoms.